The van der Waals surface area contributed by atoms with Crippen LogP contribution in [0, 0.1) is 11.8 Å². The molecule has 2 unspecified atom stereocenters. The largest absolute Gasteiger partial charge is 0.506 e. The Morgan fingerprint density at radius 3 is 2.43 bits per heavy atom. The van der Waals surface area contributed by atoms with Gasteiger partial charge in [0, 0.05) is 43.7 Å². The topological polar surface area (TPSA) is 106 Å². The summed E-state index contributed by atoms with van der Waals surface area (Å²) in [6.45, 7) is 3.56. The van der Waals surface area contributed by atoms with Gasteiger partial charge in [-0.25, -0.2) is 9.38 Å². The van der Waals surface area contributed by atoms with E-state index in [9.17, 15) is 19.4 Å². The van der Waals surface area contributed by atoms with Crippen LogP contribution < -0.4 is 10.6 Å². The van der Waals surface area contributed by atoms with Gasteiger partial charge in [-0.05, 0) is 35.4 Å². The highest BCUT2D eigenvalue weighted by Crippen LogP contribution is 2.26. The summed E-state index contributed by atoms with van der Waals surface area (Å²) in [6, 6.07) is 15.4. The number of aliphatic imine (C=N–C) groups is 1. The predicted molar refractivity (Wildman–Crippen MR) is 139 cm³/mol. The van der Waals surface area contributed by atoms with Gasteiger partial charge < -0.3 is 25.6 Å². The van der Waals surface area contributed by atoms with Crippen LogP contribution in [0.15, 0.2) is 65.0 Å². The molecule has 0 aromatic heterocycles. The second-order valence-electron chi connectivity index (χ2n) is 8.85. The van der Waals surface area contributed by atoms with Crippen LogP contribution in [0.4, 0.5) is 4.39 Å². The third-order valence-corrected chi connectivity index (χ3v) is 6.25. The predicted octanol–water partition coefficient (Wildman–Crippen LogP) is 2.20. The molecule has 1 fully saturated rings. The number of morpholine rings is 1. The maximum absolute atomic E-state index is 12.8. The third kappa shape index (κ3) is 7.40. The van der Waals surface area contributed by atoms with Gasteiger partial charge in [-0.3, -0.25) is 9.69 Å². The van der Waals surface area contributed by atoms with E-state index >= 15 is 0 Å². The van der Waals surface area contributed by atoms with E-state index in [1.54, 1.807) is 12.1 Å². The molecule has 2 aliphatic heterocycles. The van der Waals surface area contributed by atoms with E-state index in [1.807, 2.05) is 24.3 Å². The molecule has 1 saturated heterocycles. The van der Waals surface area contributed by atoms with Crippen molar-refractivity contribution < 1.29 is 24.1 Å². The standard InChI is InChI=1S/C28H31FN4O4/c29-11-12-30-27(35)24(17-25-26(34)28(36)32-19-31-25)23-9-7-21(8-10-23)2-1-20-3-5-22(6-4-20)18-33-13-15-37-16-14-33/h3-10,19,24,28,34,36H,11-18H2,(H,30,35)(H,31,32). The van der Waals surface area contributed by atoms with Crippen LogP contribution in [-0.4, -0.2) is 73.1 Å². The summed E-state index contributed by atoms with van der Waals surface area (Å²) in [5.74, 6) is 4.88. The number of amides is 1. The first-order valence-electron chi connectivity index (χ1n) is 12.3. The molecular weight excluding hydrogens is 475 g/mol. The zero-order valence-corrected chi connectivity index (χ0v) is 20.5. The maximum Gasteiger partial charge on any atom is 0.228 e. The number of carbonyl (C=O) groups excluding carboxylic acids is 1. The first-order chi connectivity index (χ1) is 18.0. The van der Waals surface area contributed by atoms with Crippen LogP contribution in [0.2, 0.25) is 0 Å². The smallest absolute Gasteiger partial charge is 0.228 e. The fourth-order valence-electron chi connectivity index (χ4n) is 4.16. The van der Waals surface area contributed by atoms with Crippen LogP contribution in [0.1, 0.15) is 34.6 Å². The van der Waals surface area contributed by atoms with E-state index in [0.717, 1.165) is 44.0 Å². The van der Waals surface area contributed by atoms with Crippen molar-refractivity contribution in [3.05, 3.63) is 82.2 Å². The molecule has 37 heavy (non-hydrogen) atoms. The molecule has 2 aromatic rings. The Kier molecular flexibility index (Phi) is 9.27. The summed E-state index contributed by atoms with van der Waals surface area (Å²) in [6.07, 6.45) is -0.0317. The van der Waals surface area contributed by atoms with Gasteiger partial charge in [-0.15, -0.1) is 0 Å². The number of hydrogen-bond acceptors (Lipinski definition) is 7. The minimum Gasteiger partial charge on any atom is -0.506 e. The molecule has 2 heterocycles. The van der Waals surface area contributed by atoms with E-state index in [4.69, 9.17) is 4.74 Å². The first-order valence-corrected chi connectivity index (χ1v) is 12.3. The Morgan fingerprint density at radius 1 is 1.14 bits per heavy atom. The number of benzene rings is 2. The van der Waals surface area contributed by atoms with Crippen LogP contribution >= 0.6 is 0 Å². The second kappa shape index (κ2) is 13.0. The number of hydrogen-bond donors (Lipinski definition) is 4. The average Bonchev–Trinajstić information content (AvgIpc) is 2.93. The molecule has 0 aliphatic carbocycles. The van der Waals surface area contributed by atoms with Gasteiger partial charge in [-0.1, -0.05) is 36.1 Å². The van der Waals surface area contributed by atoms with Gasteiger partial charge in [0.25, 0.3) is 0 Å². The number of ether oxygens (including phenoxy) is 1. The Hall–Kier alpha value is -3.71. The van der Waals surface area contributed by atoms with Crippen molar-refractivity contribution in [3.63, 3.8) is 0 Å². The Labute approximate surface area is 215 Å². The van der Waals surface area contributed by atoms with Gasteiger partial charge >= 0.3 is 0 Å². The molecule has 2 aliphatic rings. The highest BCUT2D eigenvalue weighted by molar-refractivity contribution is 5.84. The lowest BCUT2D eigenvalue weighted by atomic mass is 9.91. The molecule has 0 spiro atoms. The van der Waals surface area contributed by atoms with Crippen molar-refractivity contribution in [1.82, 2.24) is 15.5 Å². The third-order valence-electron chi connectivity index (χ3n) is 6.25. The molecule has 0 saturated carbocycles. The molecular formula is C28H31FN4O4. The fourth-order valence-corrected chi connectivity index (χ4v) is 4.16. The summed E-state index contributed by atoms with van der Waals surface area (Å²) in [5.41, 5.74) is 3.88. The van der Waals surface area contributed by atoms with E-state index in [1.165, 1.54) is 11.9 Å². The zero-order chi connectivity index (χ0) is 26.0. The summed E-state index contributed by atoms with van der Waals surface area (Å²) < 4.78 is 18.0. The van der Waals surface area contributed by atoms with E-state index in [-0.39, 0.29) is 30.3 Å². The fraction of sp³-hybridized carbons (Fsp3) is 0.357. The maximum atomic E-state index is 12.8. The minimum absolute atomic E-state index is 0.0782. The first kappa shape index (κ1) is 26.4. The van der Waals surface area contributed by atoms with Gasteiger partial charge in [0.1, 0.15) is 6.67 Å². The molecule has 2 atom stereocenters. The number of carbonyl (C=O) groups is 1. The minimum atomic E-state index is -1.38. The van der Waals surface area contributed by atoms with Crippen molar-refractivity contribution in [2.45, 2.75) is 25.1 Å². The summed E-state index contributed by atoms with van der Waals surface area (Å²) >= 11 is 0. The SMILES string of the molecule is O=C(NCCF)C(CC1=C(O)C(O)N=CN1)c1ccc(C#Cc2ccc(CN3CCOCC3)cc2)cc1. The summed E-state index contributed by atoms with van der Waals surface area (Å²) in [7, 11) is 0. The number of nitrogens with one attached hydrogen (secondary N) is 2. The molecule has 2 aromatic carbocycles. The highest BCUT2D eigenvalue weighted by Gasteiger charge is 2.26. The number of aliphatic hydroxyl groups is 2. The molecule has 4 N–H and O–H groups in total. The average molecular weight is 507 g/mol. The van der Waals surface area contributed by atoms with Gasteiger partial charge in [0.05, 0.1) is 31.2 Å². The Balaban J connectivity index is 1.43. The molecule has 1 amide bonds. The molecule has 0 bridgehead atoms. The quantitative estimate of drug-likeness (QED) is 0.409. The number of nitrogens with zero attached hydrogens (tertiary/aromatic N) is 2. The van der Waals surface area contributed by atoms with Crippen LogP contribution in [0.3, 0.4) is 0 Å². The van der Waals surface area contributed by atoms with Crippen LogP contribution in [0.25, 0.3) is 0 Å². The van der Waals surface area contributed by atoms with E-state index in [2.05, 4.69) is 44.5 Å². The van der Waals surface area contributed by atoms with Crippen molar-refractivity contribution in [1.29, 1.82) is 0 Å². The van der Waals surface area contributed by atoms with Gasteiger partial charge in [0.15, 0.2) is 5.76 Å². The van der Waals surface area contributed by atoms with Crippen molar-refractivity contribution >= 4 is 12.2 Å². The van der Waals surface area contributed by atoms with Crippen LogP contribution in [-0.2, 0) is 16.1 Å². The van der Waals surface area contributed by atoms with E-state index in [0.29, 0.717) is 5.56 Å². The van der Waals surface area contributed by atoms with Crippen molar-refractivity contribution in [3.8, 4) is 11.8 Å². The molecule has 9 heteroatoms. The monoisotopic (exact) mass is 506 g/mol. The van der Waals surface area contributed by atoms with Crippen molar-refractivity contribution in [2.24, 2.45) is 4.99 Å². The Bertz CT molecular complexity index is 1180. The summed E-state index contributed by atoms with van der Waals surface area (Å²) in [5, 5.41) is 25.3. The number of aliphatic hydroxyl groups excluding tert-OH is 2. The van der Waals surface area contributed by atoms with Crippen LogP contribution in [0.5, 0.6) is 0 Å². The lowest BCUT2D eigenvalue weighted by Gasteiger charge is -2.26. The number of allylic oxidation sites excluding steroid dienone is 1. The lowest BCUT2D eigenvalue weighted by Crippen LogP contribution is -2.35. The number of halogens is 1. The van der Waals surface area contributed by atoms with Crippen molar-refractivity contribution in [2.75, 3.05) is 39.5 Å². The Morgan fingerprint density at radius 2 is 1.78 bits per heavy atom. The normalized spacial score (nSPS) is 18.5. The van der Waals surface area contributed by atoms with E-state index < -0.39 is 18.8 Å². The highest BCUT2D eigenvalue weighted by atomic mass is 19.1. The number of rotatable bonds is 8. The zero-order valence-electron chi connectivity index (χ0n) is 20.5. The second-order valence-corrected chi connectivity index (χ2v) is 8.85. The molecule has 0 radical (unpaired) electrons. The number of alkyl halides is 1. The molecule has 4 rings (SSSR count). The molecule has 8 nitrogen and oxygen atoms in total. The van der Waals surface area contributed by atoms with Gasteiger partial charge in [-0.2, -0.15) is 0 Å². The van der Waals surface area contributed by atoms with Gasteiger partial charge in [0.2, 0.25) is 12.1 Å². The lowest BCUT2D eigenvalue weighted by molar-refractivity contribution is -0.122. The summed E-state index contributed by atoms with van der Waals surface area (Å²) in [4.78, 5) is 18.8. The molecule has 194 valence electrons.